The molecule has 0 aromatic heterocycles. The summed E-state index contributed by atoms with van der Waals surface area (Å²) >= 11 is 0. The summed E-state index contributed by atoms with van der Waals surface area (Å²) in [5.41, 5.74) is 2.57. The van der Waals surface area contributed by atoms with Crippen molar-refractivity contribution in [3.8, 4) is 0 Å². The molecule has 0 aromatic carbocycles. The van der Waals surface area contributed by atoms with Crippen molar-refractivity contribution in [3.05, 3.63) is 24.3 Å². The Morgan fingerprint density at radius 3 is 2.82 bits per heavy atom. The molecule has 0 aliphatic carbocycles. The molecule has 0 bridgehead atoms. The molecule has 0 spiro atoms. The average Bonchev–Trinajstić information content (AvgIpc) is 2.00. The summed E-state index contributed by atoms with van der Waals surface area (Å²) in [5, 5.41) is 3.22. The van der Waals surface area contributed by atoms with Gasteiger partial charge in [-0.05, 0) is 6.42 Å². The predicted molar refractivity (Wildman–Crippen MR) is 46.3 cm³/mol. The highest BCUT2D eigenvalue weighted by Crippen LogP contribution is 1.93. The minimum absolute atomic E-state index is 0.315. The van der Waals surface area contributed by atoms with Gasteiger partial charge in [0, 0.05) is 12.3 Å². The van der Waals surface area contributed by atoms with Gasteiger partial charge in [0.1, 0.15) is 0 Å². The van der Waals surface area contributed by atoms with E-state index in [2.05, 4.69) is 23.8 Å². The highest BCUT2D eigenvalue weighted by Gasteiger charge is 1.99. The molecular weight excluding hydrogens is 140 g/mol. The lowest BCUT2D eigenvalue weighted by Gasteiger charge is -1.95. The summed E-state index contributed by atoms with van der Waals surface area (Å²) in [6, 6.07) is 0. The Kier molecular flexibility index (Phi) is 4.73. The van der Waals surface area contributed by atoms with E-state index < -0.39 is 0 Å². The molecule has 1 amide bonds. The second kappa shape index (κ2) is 5.41. The maximum Gasteiger partial charge on any atom is 0.270 e. The van der Waals surface area contributed by atoms with Gasteiger partial charge in [0.2, 0.25) is 0 Å². The van der Waals surface area contributed by atoms with Crippen LogP contribution in [0.3, 0.4) is 0 Å². The molecular formula is C8H12N2O. The van der Waals surface area contributed by atoms with Gasteiger partial charge in [-0.25, -0.2) is 5.43 Å². The van der Waals surface area contributed by atoms with Crippen molar-refractivity contribution >= 4 is 12.6 Å². The molecule has 0 aromatic rings. The number of nitrogens with zero attached hydrogens (tertiary/aromatic N) is 1. The third kappa shape index (κ3) is 4.08. The Morgan fingerprint density at radius 1 is 1.73 bits per heavy atom. The number of carbonyl (C=O) groups excluding carboxylic acids is 1. The van der Waals surface area contributed by atoms with Crippen molar-refractivity contribution in [2.75, 3.05) is 0 Å². The largest absolute Gasteiger partial charge is 0.270 e. The highest BCUT2D eigenvalue weighted by atomic mass is 16.2. The van der Waals surface area contributed by atoms with E-state index in [1.807, 2.05) is 13.0 Å². The first-order chi connectivity index (χ1) is 5.22. The fraction of sp³-hybridized carbons (Fsp3) is 0.250. The molecule has 0 heterocycles. The Balaban J connectivity index is 3.92. The van der Waals surface area contributed by atoms with E-state index in [0.29, 0.717) is 5.57 Å². The van der Waals surface area contributed by atoms with Gasteiger partial charge < -0.3 is 0 Å². The summed E-state index contributed by atoms with van der Waals surface area (Å²) in [7, 11) is 0. The molecule has 11 heavy (non-hydrogen) atoms. The van der Waals surface area contributed by atoms with E-state index >= 15 is 0 Å². The fourth-order valence-corrected chi connectivity index (χ4v) is 0.479. The summed E-state index contributed by atoms with van der Waals surface area (Å²) in [6.45, 7) is 8.62. The molecule has 0 atom stereocenters. The van der Waals surface area contributed by atoms with Gasteiger partial charge in [0.05, 0.1) is 0 Å². The number of rotatable bonds is 4. The second-order valence-electron chi connectivity index (χ2n) is 1.93. The van der Waals surface area contributed by atoms with Crippen molar-refractivity contribution in [2.24, 2.45) is 5.10 Å². The summed E-state index contributed by atoms with van der Waals surface area (Å²) in [5.74, 6) is -0.315. The van der Waals surface area contributed by atoms with Gasteiger partial charge in [0.15, 0.2) is 0 Å². The lowest BCUT2D eigenvalue weighted by molar-refractivity contribution is -0.117. The van der Waals surface area contributed by atoms with Crippen molar-refractivity contribution < 1.29 is 4.79 Å². The zero-order valence-corrected chi connectivity index (χ0v) is 6.63. The zero-order valence-electron chi connectivity index (χ0n) is 6.63. The number of hydrazone groups is 1. The fourth-order valence-electron chi connectivity index (χ4n) is 0.479. The number of hydrogen-bond donors (Lipinski definition) is 1. The molecule has 3 nitrogen and oxygen atoms in total. The van der Waals surface area contributed by atoms with Crippen LogP contribution in [-0.2, 0) is 4.79 Å². The van der Waals surface area contributed by atoms with Gasteiger partial charge in [-0.2, -0.15) is 5.10 Å². The van der Waals surface area contributed by atoms with Crippen LogP contribution in [0.15, 0.2) is 29.4 Å². The molecule has 0 saturated heterocycles. The topological polar surface area (TPSA) is 41.5 Å². The van der Waals surface area contributed by atoms with Gasteiger partial charge in [-0.15, -0.1) is 0 Å². The number of allylic oxidation sites excluding steroid dienone is 1. The maximum absolute atomic E-state index is 10.9. The Bertz CT molecular complexity index is 194. The monoisotopic (exact) mass is 152 g/mol. The molecule has 0 aliphatic rings. The molecule has 1 N–H and O–H groups in total. The van der Waals surface area contributed by atoms with Crippen LogP contribution in [0.5, 0.6) is 0 Å². The van der Waals surface area contributed by atoms with E-state index in [1.54, 1.807) is 6.08 Å². The molecule has 3 heteroatoms. The average molecular weight is 152 g/mol. The summed E-state index contributed by atoms with van der Waals surface area (Å²) in [4.78, 5) is 10.9. The quantitative estimate of drug-likeness (QED) is 0.280. The van der Waals surface area contributed by atoms with Crippen molar-refractivity contribution in [1.29, 1.82) is 0 Å². The standard InChI is InChI=1S/C8H12N2O/c1-4-5-6-7(2)8(11)10-9-3/h5-6H,2-4H2,1H3,(H,10,11)/b6-5-. The minimum atomic E-state index is -0.315. The predicted octanol–water partition coefficient (Wildman–Crippen LogP) is 1.24. The van der Waals surface area contributed by atoms with Gasteiger partial charge in [0.25, 0.3) is 5.91 Å². The first-order valence-electron chi connectivity index (χ1n) is 3.33. The third-order valence-corrected chi connectivity index (χ3v) is 1.03. The SMILES string of the molecule is C=NNC(=O)C(=C)/C=C\CC. The zero-order chi connectivity index (χ0) is 8.69. The van der Waals surface area contributed by atoms with Crippen LogP contribution in [0, 0.1) is 0 Å². The molecule has 60 valence electrons. The second-order valence-corrected chi connectivity index (χ2v) is 1.93. The van der Waals surface area contributed by atoms with Crippen molar-refractivity contribution in [2.45, 2.75) is 13.3 Å². The van der Waals surface area contributed by atoms with Crippen LogP contribution >= 0.6 is 0 Å². The Labute approximate surface area is 66.5 Å². The van der Waals surface area contributed by atoms with Crippen molar-refractivity contribution in [3.63, 3.8) is 0 Å². The van der Waals surface area contributed by atoms with E-state index in [-0.39, 0.29) is 5.91 Å². The number of nitrogens with one attached hydrogen (secondary N) is 1. The van der Waals surface area contributed by atoms with E-state index in [9.17, 15) is 4.79 Å². The van der Waals surface area contributed by atoms with E-state index in [0.717, 1.165) is 6.42 Å². The Morgan fingerprint density at radius 2 is 2.36 bits per heavy atom. The lowest BCUT2D eigenvalue weighted by Crippen LogP contribution is -2.17. The van der Waals surface area contributed by atoms with Crippen LogP contribution in [0.4, 0.5) is 0 Å². The van der Waals surface area contributed by atoms with E-state index in [4.69, 9.17) is 0 Å². The normalized spacial score (nSPS) is 9.55. The van der Waals surface area contributed by atoms with Gasteiger partial charge >= 0.3 is 0 Å². The first kappa shape index (κ1) is 9.62. The highest BCUT2D eigenvalue weighted by molar-refractivity contribution is 5.95. The van der Waals surface area contributed by atoms with Crippen LogP contribution < -0.4 is 5.43 Å². The number of amides is 1. The molecule has 0 unspecified atom stereocenters. The van der Waals surface area contributed by atoms with Gasteiger partial charge in [-0.1, -0.05) is 25.7 Å². The van der Waals surface area contributed by atoms with Crippen LogP contribution in [0.1, 0.15) is 13.3 Å². The number of carbonyl (C=O) groups is 1. The van der Waals surface area contributed by atoms with Crippen molar-refractivity contribution in [1.82, 2.24) is 5.43 Å². The number of hydrogen-bond acceptors (Lipinski definition) is 2. The smallest absolute Gasteiger partial charge is 0.267 e. The van der Waals surface area contributed by atoms with Crippen LogP contribution in [-0.4, -0.2) is 12.6 Å². The van der Waals surface area contributed by atoms with Crippen LogP contribution in [0.25, 0.3) is 0 Å². The summed E-state index contributed by atoms with van der Waals surface area (Å²) < 4.78 is 0. The Hall–Kier alpha value is -1.38. The van der Waals surface area contributed by atoms with Crippen LogP contribution in [0.2, 0.25) is 0 Å². The van der Waals surface area contributed by atoms with Gasteiger partial charge in [-0.3, -0.25) is 4.79 Å². The molecule has 0 radical (unpaired) electrons. The molecule has 0 fully saturated rings. The molecule has 0 aliphatic heterocycles. The maximum atomic E-state index is 10.9. The summed E-state index contributed by atoms with van der Waals surface area (Å²) in [6.07, 6.45) is 4.39. The first-order valence-corrected chi connectivity index (χ1v) is 3.33. The molecule has 0 saturated carbocycles. The minimum Gasteiger partial charge on any atom is -0.267 e. The van der Waals surface area contributed by atoms with E-state index in [1.165, 1.54) is 0 Å². The third-order valence-electron chi connectivity index (χ3n) is 1.03. The molecule has 0 rings (SSSR count). The lowest BCUT2D eigenvalue weighted by atomic mass is 10.2.